The molecule has 0 aromatic rings. The number of hydrogen-bond donors (Lipinski definition) is 1. The van der Waals surface area contributed by atoms with Crippen LogP contribution in [0.25, 0.3) is 0 Å². The van der Waals surface area contributed by atoms with Gasteiger partial charge in [-0.25, -0.2) is 9.79 Å². The lowest BCUT2D eigenvalue weighted by Crippen LogP contribution is -2.47. The van der Waals surface area contributed by atoms with Crippen LogP contribution < -0.4 is 5.32 Å². The van der Waals surface area contributed by atoms with Crippen molar-refractivity contribution in [3.8, 4) is 0 Å². The van der Waals surface area contributed by atoms with E-state index >= 15 is 0 Å². The molecule has 0 bridgehead atoms. The molecule has 1 amide bonds. The van der Waals surface area contributed by atoms with Gasteiger partial charge in [-0.15, -0.1) is 0 Å². The highest BCUT2D eigenvalue weighted by Gasteiger charge is 2.44. The third-order valence-corrected chi connectivity index (χ3v) is 3.37. The van der Waals surface area contributed by atoms with E-state index in [1.807, 2.05) is 18.5 Å². The Bertz CT molecular complexity index is 635. The number of carbonyl (C=O) groups excluding carboxylic acids is 2. The average Bonchev–Trinajstić information content (AvgIpc) is 2.86. The predicted octanol–water partition coefficient (Wildman–Crippen LogP) is 4.63. The Kier molecular flexibility index (Phi) is 12.0. The monoisotopic (exact) mass is 535 g/mol. The van der Waals surface area contributed by atoms with E-state index in [9.17, 15) is 22.8 Å². The Balaban J connectivity index is 0.00000227. The number of nitrogens with zero attached hydrogens (tertiary/aromatic N) is 2. The third kappa shape index (κ3) is 9.39. The fraction of sp³-hybridized carbons (Fsp3) is 0.647. The van der Waals surface area contributed by atoms with Gasteiger partial charge in [-0.05, 0) is 54.7 Å². The molecule has 11 heteroatoms. The molecule has 0 saturated carbocycles. The highest BCUT2D eigenvalue weighted by Crippen LogP contribution is 2.23. The zero-order valence-electron chi connectivity index (χ0n) is 16.4. The second-order valence-corrected chi connectivity index (χ2v) is 9.11. The minimum Gasteiger partial charge on any atom is -0.408 e. The maximum atomic E-state index is 12.6. The van der Waals surface area contributed by atoms with E-state index in [0.717, 1.165) is 6.42 Å². The average molecular weight is 535 g/mol. The van der Waals surface area contributed by atoms with Crippen LogP contribution in [0.5, 0.6) is 0 Å². The Morgan fingerprint density at radius 2 is 2.04 bits per heavy atom. The zero-order valence-corrected chi connectivity index (χ0v) is 19.4. The van der Waals surface area contributed by atoms with Crippen molar-refractivity contribution in [2.45, 2.75) is 64.7 Å². The van der Waals surface area contributed by atoms with Gasteiger partial charge < -0.3 is 10.1 Å². The second-order valence-electron chi connectivity index (χ2n) is 6.16. The van der Waals surface area contributed by atoms with Crippen molar-refractivity contribution in [2.75, 3.05) is 6.26 Å². The summed E-state index contributed by atoms with van der Waals surface area (Å²) in [5, 5.41) is 1.83. The molecule has 1 atom stereocenters. The molecule has 1 aliphatic heterocycles. The smallest absolute Gasteiger partial charge is 0.408 e. The lowest BCUT2D eigenvalue weighted by atomic mass is 10.1. The SMILES string of the molecule is C/C=C(/CC(NC(=O)C(F)(F)F)C1=NC(C)(C)C(=O)O1)N=CCCC.CSI. The molecule has 0 saturated heterocycles. The molecule has 0 aromatic heterocycles. The normalized spacial score (nSPS) is 17.5. The van der Waals surface area contributed by atoms with E-state index in [1.54, 1.807) is 28.1 Å². The Labute approximate surface area is 179 Å². The van der Waals surface area contributed by atoms with Crippen LogP contribution in [0.3, 0.4) is 0 Å². The van der Waals surface area contributed by atoms with Crippen molar-refractivity contribution in [2.24, 2.45) is 9.98 Å². The summed E-state index contributed by atoms with van der Waals surface area (Å²) in [6, 6.07) is -1.25. The van der Waals surface area contributed by atoms with Gasteiger partial charge in [0.25, 0.3) is 0 Å². The maximum Gasteiger partial charge on any atom is 0.471 e. The van der Waals surface area contributed by atoms with Gasteiger partial charge in [0, 0.05) is 18.3 Å². The third-order valence-electron chi connectivity index (χ3n) is 3.37. The first kappa shape index (κ1) is 26.9. The summed E-state index contributed by atoms with van der Waals surface area (Å²) in [5.41, 5.74) is -0.762. The quantitative estimate of drug-likeness (QED) is 0.293. The van der Waals surface area contributed by atoms with Gasteiger partial charge in [0.2, 0.25) is 5.90 Å². The van der Waals surface area contributed by atoms with Crippen LogP contribution in [-0.4, -0.2) is 48.0 Å². The lowest BCUT2D eigenvalue weighted by molar-refractivity contribution is -0.174. The van der Waals surface area contributed by atoms with Crippen molar-refractivity contribution in [3.63, 3.8) is 0 Å². The van der Waals surface area contributed by atoms with Crippen LogP contribution in [-0.2, 0) is 14.3 Å². The molecule has 6 nitrogen and oxygen atoms in total. The van der Waals surface area contributed by atoms with Crippen LogP contribution in [0.1, 0.15) is 47.0 Å². The van der Waals surface area contributed by atoms with E-state index in [0.29, 0.717) is 12.1 Å². The Hall–Kier alpha value is -1.11. The summed E-state index contributed by atoms with van der Waals surface area (Å²) in [6.45, 7) is 6.58. The minimum atomic E-state index is -5.06. The van der Waals surface area contributed by atoms with Gasteiger partial charge in [-0.1, -0.05) is 28.4 Å². The Morgan fingerprint density at radius 3 is 2.43 bits per heavy atom. The number of esters is 1. The molecule has 0 radical (unpaired) electrons. The van der Waals surface area contributed by atoms with Crippen LogP contribution in [0.4, 0.5) is 13.2 Å². The summed E-state index contributed by atoms with van der Waals surface area (Å²) < 4.78 is 42.7. The van der Waals surface area contributed by atoms with Gasteiger partial charge in [0.05, 0.1) is 0 Å². The van der Waals surface area contributed by atoms with Crippen molar-refractivity contribution in [3.05, 3.63) is 11.8 Å². The second kappa shape index (κ2) is 12.5. The molecule has 0 aliphatic carbocycles. The molecule has 1 heterocycles. The van der Waals surface area contributed by atoms with Gasteiger partial charge in [-0.3, -0.25) is 9.79 Å². The van der Waals surface area contributed by atoms with Crippen molar-refractivity contribution >= 4 is 54.1 Å². The molecule has 28 heavy (non-hydrogen) atoms. The highest BCUT2D eigenvalue weighted by atomic mass is 127. The molecule has 160 valence electrons. The van der Waals surface area contributed by atoms with Crippen LogP contribution in [0.2, 0.25) is 0 Å². The number of hydrogen-bond acceptors (Lipinski definition) is 6. The molecule has 1 N–H and O–H groups in total. The number of unbranched alkanes of at least 4 members (excludes halogenated alkanes) is 1. The molecule has 0 aromatic carbocycles. The molecule has 1 aliphatic rings. The predicted molar refractivity (Wildman–Crippen MR) is 115 cm³/mol. The Morgan fingerprint density at radius 1 is 1.46 bits per heavy atom. The first-order valence-corrected chi connectivity index (χ1v) is 12.2. The van der Waals surface area contributed by atoms with Gasteiger partial charge in [0.15, 0.2) is 5.54 Å². The number of amides is 1. The topological polar surface area (TPSA) is 80.1 Å². The minimum absolute atomic E-state index is 0.0826. The van der Waals surface area contributed by atoms with E-state index < -0.39 is 29.6 Å². The number of ether oxygens (including phenoxy) is 1. The summed E-state index contributed by atoms with van der Waals surface area (Å²) in [5.74, 6) is -3.07. The number of nitrogens with one attached hydrogen (secondary N) is 1. The number of cyclic esters (lactones) is 1. The number of carbonyl (C=O) groups is 2. The molecule has 1 rings (SSSR count). The summed E-state index contributed by atoms with van der Waals surface area (Å²) in [4.78, 5) is 31.2. The van der Waals surface area contributed by atoms with E-state index in [4.69, 9.17) is 4.74 Å². The number of halogens is 4. The fourth-order valence-corrected chi connectivity index (χ4v) is 1.92. The summed E-state index contributed by atoms with van der Waals surface area (Å²) in [7, 11) is 1.72. The van der Waals surface area contributed by atoms with Crippen molar-refractivity contribution in [1.82, 2.24) is 5.32 Å². The van der Waals surface area contributed by atoms with Gasteiger partial charge in [0.1, 0.15) is 6.04 Å². The lowest BCUT2D eigenvalue weighted by Gasteiger charge is -2.18. The molecule has 1 unspecified atom stereocenters. The van der Waals surface area contributed by atoms with Crippen LogP contribution >= 0.6 is 30.1 Å². The zero-order chi connectivity index (χ0) is 22.0. The van der Waals surface area contributed by atoms with Crippen LogP contribution in [0, 0.1) is 0 Å². The van der Waals surface area contributed by atoms with E-state index in [-0.39, 0.29) is 12.3 Å². The van der Waals surface area contributed by atoms with Crippen molar-refractivity contribution < 1.29 is 27.5 Å². The first-order chi connectivity index (χ1) is 12.9. The maximum absolute atomic E-state index is 12.6. The molecular weight excluding hydrogens is 510 g/mol. The summed E-state index contributed by atoms with van der Waals surface area (Å²) >= 11 is 2.20. The summed E-state index contributed by atoms with van der Waals surface area (Å²) in [6.07, 6.45) is 1.72. The fourth-order valence-electron chi connectivity index (χ4n) is 1.92. The molecular formula is C17H25F3IN3O3S. The highest BCUT2D eigenvalue weighted by molar-refractivity contribution is 14.2. The molecule has 0 fully saturated rings. The van der Waals surface area contributed by atoms with Gasteiger partial charge in [-0.2, -0.15) is 13.2 Å². The van der Waals surface area contributed by atoms with Crippen molar-refractivity contribution in [1.29, 1.82) is 0 Å². The molecule has 0 spiro atoms. The van der Waals surface area contributed by atoms with E-state index in [1.165, 1.54) is 13.8 Å². The largest absolute Gasteiger partial charge is 0.471 e. The first-order valence-electron chi connectivity index (χ1n) is 8.45. The van der Waals surface area contributed by atoms with Crippen LogP contribution in [0.15, 0.2) is 21.8 Å². The van der Waals surface area contributed by atoms with E-state index in [2.05, 4.69) is 31.2 Å². The number of allylic oxidation sites excluding steroid dienone is 1. The van der Waals surface area contributed by atoms with Gasteiger partial charge >= 0.3 is 18.1 Å². The standard InChI is InChI=1S/C16H22F3N3O3.CH3IS/c1-5-7-8-20-10(6-2)9-11(21-13(23)16(17,18)19)12-22-15(3,4)14(24)25-12;1-3-2/h6,8,11H,5,7,9H2,1-4H3,(H,21,23);1H3/b10-6-,20-8?;. The number of aliphatic imine (C=N–C) groups is 2. The number of alkyl halides is 3. The number of rotatable bonds is 7.